The van der Waals surface area contributed by atoms with Gasteiger partial charge in [0.05, 0.1) is 17.8 Å². The van der Waals surface area contributed by atoms with Crippen molar-refractivity contribution in [2.24, 2.45) is 0 Å². The summed E-state index contributed by atoms with van der Waals surface area (Å²) >= 11 is 5.77. The second kappa shape index (κ2) is 5.46. The summed E-state index contributed by atoms with van der Waals surface area (Å²) < 4.78 is 0. The average molecular weight is 264 g/mol. The number of aromatic nitrogens is 2. The fourth-order valence-corrected chi connectivity index (χ4v) is 1.55. The minimum Gasteiger partial charge on any atom is -0.507 e. The van der Waals surface area contributed by atoms with E-state index in [-0.39, 0.29) is 17.9 Å². The third kappa shape index (κ3) is 2.95. The predicted octanol–water partition coefficient (Wildman–Crippen LogP) is 1.77. The lowest BCUT2D eigenvalue weighted by Crippen LogP contribution is -2.23. The molecule has 1 amide bonds. The molecule has 2 aromatic rings. The maximum atomic E-state index is 11.8. The Morgan fingerprint density at radius 3 is 2.94 bits per heavy atom. The van der Waals surface area contributed by atoms with Gasteiger partial charge in [0.15, 0.2) is 0 Å². The van der Waals surface area contributed by atoms with E-state index in [0.717, 1.165) is 0 Å². The second-order valence-corrected chi connectivity index (χ2v) is 3.98. The van der Waals surface area contributed by atoms with Crippen LogP contribution in [0.4, 0.5) is 0 Å². The van der Waals surface area contributed by atoms with Crippen molar-refractivity contribution in [1.29, 1.82) is 0 Å². The zero-order valence-electron chi connectivity index (χ0n) is 9.30. The molecule has 0 unspecified atom stereocenters. The maximum absolute atomic E-state index is 11.8. The number of rotatable bonds is 3. The number of benzene rings is 1. The van der Waals surface area contributed by atoms with Crippen molar-refractivity contribution in [1.82, 2.24) is 15.3 Å². The lowest BCUT2D eigenvalue weighted by atomic mass is 10.2. The van der Waals surface area contributed by atoms with Gasteiger partial charge in [0.2, 0.25) is 0 Å². The van der Waals surface area contributed by atoms with Crippen molar-refractivity contribution in [2.45, 2.75) is 6.54 Å². The van der Waals surface area contributed by atoms with E-state index in [1.807, 2.05) is 0 Å². The molecular formula is C12H10ClN3O2. The molecule has 18 heavy (non-hydrogen) atoms. The maximum Gasteiger partial charge on any atom is 0.255 e. The highest BCUT2D eigenvalue weighted by atomic mass is 35.5. The number of halogens is 1. The zero-order chi connectivity index (χ0) is 13.0. The number of aromatic hydroxyl groups is 1. The first-order valence-electron chi connectivity index (χ1n) is 5.18. The Morgan fingerprint density at radius 2 is 2.22 bits per heavy atom. The van der Waals surface area contributed by atoms with E-state index in [1.54, 1.807) is 12.3 Å². The van der Waals surface area contributed by atoms with E-state index < -0.39 is 5.91 Å². The molecule has 0 saturated heterocycles. The summed E-state index contributed by atoms with van der Waals surface area (Å²) in [5, 5.41) is 12.6. The van der Waals surface area contributed by atoms with Gasteiger partial charge in [0.1, 0.15) is 12.1 Å². The van der Waals surface area contributed by atoms with Gasteiger partial charge in [0.25, 0.3) is 5.91 Å². The van der Waals surface area contributed by atoms with Crippen LogP contribution in [0.15, 0.2) is 36.8 Å². The van der Waals surface area contributed by atoms with Gasteiger partial charge in [-0.25, -0.2) is 9.97 Å². The van der Waals surface area contributed by atoms with Gasteiger partial charge in [-0.05, 0) is 24.3 Å². The monoisotopic (exact) mass is 263 g/mol. The molecule has 92 valence electrons. The highest BCUT2D eigenvalue weighted by Crippen LogP contribution is 2.21. The van der Waals surface area contributed by atoms with E-state index in [4.69, 9.17) is 11.6 Å². The largest absolute Gasteiger partial charge is 0.507 e. The summed E-state index contributed by atoms with van der Waals surface area (Å²) in [5.41, 5.74) is 0.816. The molecule has 0 atom stereocenters. The molecule has 0 spiro atoms. The quantitative estimate of drug-likeness (QED) is 0.885. The van der Waals surface area contributed by atoms with Crippen LogP contribution in [-0.2, 0) is 6.54 Å². The molecule has 0 bridgehead atoms. The minimum absolute atomic E-state index is 0.111. The number of carbonyl (C=O) groups is 1. The second-order valence-electron chi connectivity index (χ2n) is 3.54. The molecule has 1 aromatic heterocycles. The highest BCUT2D eigenvalue weighted by Gasteiger charge is 2.11. The van der Waals surface area contributed by atoms with Gasteiger partial charge in [-0.15, -0.1) is 0 Å². The van der Waals surface area contributed by atoms with Crippen LogP contribution >= 0.6 is 11.6 Å². The topological polar surface area (TPSA) is 75.1 Å². The number of hydrogen-bond acceptors (Lipinski definition) is 4. The summed E-state index contributed by atoms with van der Waals surface area (Å²) in [6.45, 7) is 0.257. The lowest BCUT2D eigenvalue weighted by molar-refractivity contribution is 0.0947. The number of hydrogen-bond donors (Lipinski definition) is 2. The fraction of sp³-hybridized carbons (Fsp3) is 0.0833. The molecule has 2 rings (SSSR count). The SMILES string of the molecule is O=C(NCc1ccncn1)c1cc(Cl)ccc1O. The van der Waals surface area contributed by atoms with Crippen molar-refractivity contribution in [2.75, 3.05) is 0 Å². The summed E-state index contributed by atoms with van der Waals surface area (Å²) in [5.74, 6) is -0.520. The van der Waals surface area contributed by atoms with Crippen molar-refractivity contribution in [3.05, 3.63) is 53.1 Å². The first-order chi connectivity index (χ1) is 8.66. The van der Waals surface area contributed by atoms with Crippen molar-refractivity contribution >= 4 is 17.5 Å². The van der Waals surface area contributed by atoms with Gasteiger partial charge in [-0.1, -0.05) is 11.6 Å². The number of nitrogens with one attached hydrogen (secondary N) is 1. The van der Waals surface area contributed by atoms with Gasteiger partial charge in [-0.3, -0.25) is 4.79 Å². The Hall–Kier alpha value is -2.14. The van der Waals surface area contributed by atoms with Crippen molar-refractivity contribution in [3.8, 4) is 5.75 Å². The van der Waals surface area contributed by atoms with Crippen LogP contribution in [0.1, 0.15) is 16.1 Å². The Morgan fingerprint density at radius 1 is 1.39 bits per heavy atom. The predicted molar refractivity (Wildman–Crippen MR) is 66.3 cm³/mol. The van der Waals surface area contributed by atoms with Gasteiger partial charge >= 0.3 is 0 Å². The van der Waals surface area contributed by atoms with E-state index in [1.165, 1.54) is 24.5 Å². The number of phenols is 1. The first kappa shape index (κ1) is 12.3. The summed E-state index contributed by atoms with van der Waals surface area (Å²) in [6, 6.07) is 5.99. The molecule has 0 aliphatic heterocycles. The molecule has 5 nitrogen and oxygen atoms in total. The molecule has 1 aromatic carbocycles. The molecule has 0 aliphatic rings. The Labute approximate surface area is 108 Å². The van der Waals surface area contributed by atoms with E-state index in [2.05, 4.69) is 15.3 Å². The van der Waals surface area contributed by atoms with Crippen LogP contribution in [0, 0.1) is 0 Å². The standard InChI is InChI=1S/C12H10ClN3O2/c13-8-1-2-11(17)10(5-8)12(18)15-6-9-3-4-14-7-16-9/h1-5,7,17H,6H2,(H,15,18). The third-order valence-electron chi connectivity index (χ3n) is 2.28. The van der Waals surface area contributed by atoms with Gasteiger partial charge in [-0.2, -0.15) is 0 Å². The normalized spacial score (nSPS) is 10.1. The van der Waals surface area contributed by atoms with E-state index >= 15 is 0 Å². The molecule has 0 fully saturated rings. The highest BCUT2D eigenvalue weighted by molar-refractivity contribution is 6.31. The molecular weight excluding hydrogens is 254 g/mol. The summed E-state index contributed by atoms with van der Waals surface area (Å²) in [7, 11) is 0. The lowest BCUT2D eigenvalue weighted by Gasteiger charge is -2.06. The van der Waals surface area contributed by atoms with Crippen molar-refractivity contribution < 1.29 is 9.90 Å². The van der Waals surface area contributed by atoms with Crippen molar-refractivity contribution in [3.63, 3.8) is 0 Å². The van der Waals surface area contributed by atoms with Crippen LogP contribution in [0.3, 0.4) is 0 Å². The molecule has 0 saturated carbocycles. The number of carbonyl (C=O) groups excluding carboxylic acids is 1. The third-order valence-corrected chi connectivity index (χ3v) is 2.51. The average Bonchev–Trinajstić information content (AvgIpc) is 2.40. The molecule has 6 heteroatoms. The van der Waals surface area contributed by atoms with Crippen LogP contribution in [0.2, 0.25) is 5.02 Å². The van der Waals surface area contributed by atoms with Crippen LogP contribution in [-0.4, -0.2) is 21.0 Å². The fourth-order valence-electron chi connectivity index (χ4n) is 1.38. The molecule has 0 radical (unpaired) electrons. The number of phenolic OH excluding ortho intramolecular Hbond substituents is 1. The van der Waals surface area contributed by atoms with Crippen LogP contribution in [0.5, 0.6) is 5.75 Å². The van der Waals surface area contributed by atoms with E-state index in [0.29, 0.717) is 10.7 Å². The zero-order valence-corrected chi connectivity index (χ0v) is 10.1. The Balaban J connectivity index is 2.06. The van der Waals surface area contributed by atoms with Crippen LogP contribution < -0.4 is 5.32 Å². The number of amides is 1. The Bertz CT molecular complexity index is 561. The molecule has 2 N–H and O–H groups in total. The number of nitrogens with zero attached hydrogens (tertiary/aromatic N) is 2. The van der Waals surface area contributed by atoms with Gasteiger partial charge < -0.3 is 10.4 Å². The van der Waals surface area contributed by atoms with Crippen LogP contribution in [0.25, 0.3) is 0 Å². The minimum atomic E-state index is -0.409. The molecule has 0 aliphatic carbocycles. The summed E-state index contributed by atoms with van der Waals surface area (Å²) in [6.07, 6.45) is 2.99. The first-order valence-corrected chi connectivity index (χ1v) is 5.56. The summed E-state index contributed by atoms with van der Waals surface area (Å²) in [4.78, 5) is 19.6. The van der Waals surface area contributed by atoms with Gasteiger partial charge in [0, 0.05) is 11.2 Å². The molecule has 1 heterocycles. The Kier molecular flexibility index (Phi) is 3.74. The van der Waals surface area contributed by atoms with E-state index in [9.17, 15) is 9.90 Å². The smallest absolute Gasteiger partial charge is 0.255 e.